The molecule has 0 bridgehead atoms. The molecule has 0 aliphatic carbocycles. The van der Waals surface area contributed by atoms with E-state index in [0.717, 1.165) is 16.9 Å². The summed E-state index contributed by atoms with van der Waals surface area (Å²) >= 11 is 0. The summed E-state index contributed by atoms with van der Waals surface area (Å²) in [7, 11) is -3.90. The van der Waals surface area contributed by atoms with E-state index in [-0.39, 0.29) is 11.3 Å². The maximum atomic E-state index is 12.3. The minimum absolute atomic E-state index is 0.0594. The van der Waals surface area contributed by atoms with E-state index in [1.54, 1.807) is 22.9 Å². The van der Waals surface area contributed by atoms with E-state index in [4.69, 9.17) is 0 Å². The highest BCUT2D eigenvalue weighted by Gasteiger charge is 2.19. The fraction of sp³-hybridized carbons (Fsp3) is 0.158. The number of para-hydroxylation sites is 1. The second kappa shape index (κ2) is 7.13. The summed E-state index contributed by atoms with van der Waals surface area (Å²) in [6.07, 6.45) is -0.0964. The average Bonchev–Trinajstić information content (AvgIpc) is 2.95. The van der Waals surface area contributed by atoms with Crippen LogP contribution in [-0.2, 0) is 21.2 Å². The van der Waals surface area contributed by atoms with Gasteiger partial charge in [-0.3, -0.25) is 4.79 Å². The molecule has 26 heavy (non-hydrogen) atoms. The predicted molar refractivity (Wildman–Crippen MR) is 98.5 cm³/mol. The Morgan fingerprint density at radius 2 is 1.69 bits per heavy atom. The van der Waals surface area contributed by atoms with Crippen LogP contribution in [0, 0.1) is 13.8 Å². The number of carbonyl (C=O) groups is 1. The maximum absolute atomic E-state index is 12.3. The van der Waals surface area contributed by atoms with Crippen LogP contribution in [0.1, 0.15) is 17.0 Å². The van der Waals surface area contributed by atoms with Crippen LogP contribution in [-0.4, -0.2) is 24.1 Å². The van der Waals surface area contributed by atoms with Crippen LogP contribution in [0.15, 0.2) is 65.6 Å². The van der Waals surface area contributed by atoms with Crippen LogP contribution in [0.4, 0.5) is 0 Å². The Balaban J connectivity index is 1.80. The number of carbonyl (C=O) groups excluding carboxylic acids is 1. The van der Waals surface area contributed by atoms with Gasteiger partial charge in [-0.05, 0) is 44.2 Å². The second-order valence-electron chi connectivity index (χ2n) is 6.04. The topological polar surface area (TPSA) is 81.1 Å². The van der Waals surface area contributed by atoms with Crippen molar-refractivity contribution in [3.05, 3.63) is 77.6 Å². The van der Waals surface area contributed by atoms with Crippen molar-refractivity contribution in [2.24, 2.45) is 0 Å². The van der Waals surface area contributed by atoms with Gasteiger partial charge in [-0.1, -0.05) is 35.9 Å². The lowest BCUT2D eigenvalue weighted by Gasteiger charge is -2.09. The third kappa shape index (κ3) is 4.00. The van der Waals surface area contributed by atoms with Gasteiger partial charge in [-0.25, -0.2) is 17.8 Å². The minimum Gasteiger partial charge on any atom is -0.274 e. The highest BCUT2D eigenvalue weighted by molar-refractivity contribution is 7.90. The van der Waals surface area contributed by atoms with Gasteiger partial charge in [0, 0.05) is 0 Å². The Morgan fingerprint density at radius 3 is 2.35 bits per heavy atom. The molecule has 1 heterocycles. The molecule has 3 aromatic rings. The Hall–Kier alpha value is -2.93. The molecule has 7 heteroatoms. The van der Waals surface area contributed by atoms with Crippen LogP contribution >= 0.6 is 0 Å². The molecule has 0 aliphatic rings. The number of hydrogen-bond acceptors (Lipinski definition) is 4. The van der Waals surface area contributed by atoms with Gasteiger partial charge in [0.05, 0.1) is 28.4 Å². The molecule has 0 fully saturated rings. The molecule has 0 aliphatic heterocycles. The molecule has 6 nitrogen and oxygen atoms in total. The molecular formula is C19H19N3O3S. The molecule has 3 rings (SSSR count). The number of benzene rings is 2. The number of hydrogen-bond donors (Lipinski definition) is 1. The van der Waals surface area contributed by atoms with Crippen LogP contribution in [0.25, 0.3) is 5.69 Å². The number of aromatic nitrogens is 2. The summed E-state index contributed by atoms with van der Waals surface area (Å²) in [5.74, 6) is -0.609. The Labute approximate surface area is 152 Å². The number of rotatable bonds is 5. The first-order valence-corrected chi connectivity index (χ1v) is 9.57. The molecule has 0 spiro atoms. The molecule has 1 amide bonds. The van der Waals surface area contributed by atoms with Crippen molar-refractivity contribution in [2.75, 3.05) is 0 Å². The van der Waals surface area contributed by atoms with E-state index in [1.807, 2.05) is 44.2 Å². The number of nitrogens with one attached hydrogen (secondary N) is 1. The largest absolute Gasteiger partial charge is 0.274 e. The lowest BCUT2D eigenvalue weighted by atomic mass is 10.2. The predicted octanol–water partition coefficient (Wildman–Crippen LogP) is 2.54. The fourth-order valence-corrected chi connectivity index (χ4v) is 3.58. The van der Waals surface area contributed by atoms with Gasteiger partial charge in [0.15, 0.2) is 0 Å². The van der Waals surface area contributed by atoms with Crippen molar-refractivity contribution < 1.29 is 13.2 Å². The first-order chi connectivity index (χ1) is 12.3. The summed E-state index contributed by atoms with van der Waals surface area (Å²) in [4.78, 5) is 12.4. The van der Waals surface area contributed by atoms with Gasteiger partial charge < -0.3 is 0 Å². The van der Waals surface area contributed by atoms with Crippen molar-refractivity contribution in [2.45, 2.75) is 25.2 Å². The van der Waals surface area contributed by atoms with Gasteiger partial charge in [-0.15, -0.1) is 0 Å². The van der Waals surface area contributed by atoms with E-state index in [9.17, 15) is 13.2 Å². The lowest BCUT2D eigenvalue weighted by Crippen LogP contribution is -2.32. The Kier molecular flexibility index (Phi) is 4.90. The summed E-state index contributed by atoms with van der Waals surface area (Å²) in [5.41, 5.74) is 3.12. The van der Waals surface area contributed by atoms with Crippen molar-refractivity contribution in [1.82, 2.24) is 14.5 Å². The number of aryl methyl sites for hydroxylation is 2. The minimum atomic E-state index is -3.90. The first kappa shape index (κ1) is 17.9. The second-order valence-corrected chi connectivity index (χ2v) is 7.73. The smallest absolute Gasteiger partial charge is 0.264 e. The van der Waals surface area contributed by atoms with Crippen LogP contribution < -0.4 is 4.72 Å². The van der Waals surface area contributed by atoms with Gasteiger partial charge in [-0.2, -0.15) is 5.10 Å². The van der Waals surface area contributed by atoms with Crippen LogP contribution in [0.3, 0.4) is 0 Å². The average molecular weight is 369 g/mol. The van der Waals surface area contributed by atoms with Crippen molar-refractivity contribution in [3.63, 3.8) is 0 Å². The molecule has 0 saturated carbocycles. The van der Waals surface area contributed by atoms with Gasteiger partial charge in [0.1, 0.15) is 0 Å². The molecule has 0 unspecified atom stereocenters. The molecule has 0 saturated heterocycles. The monoisotopic (exact) mass is 369 g/mol. The highest BCUT2D eigenvalue weighted by atomic mass is 32.2. The standard InChI is InChI=1S/C19H19N3O3S/c1-14-8-10-18(11-9-14)26(24,25)21-19(23)13-17-12-15(2)20-22(17)16-6-4-3-5-7-16/h3-12H,13H2,1-2H3,(H,21,23). The summed E-state index contributed by atoms with van der Waals surface area (Å²) in [6, 6.07) is 17.5. The molecule has 1 N–H and O–H groups in total. The van der Waals surface area contributed by atoms with E-state index >= 15 is 0 Å². The summed E-state index contributed by atoms with van der Waals surface area (Å²) in [6.45, 7) is 3.69. The first-order valence-electron chi connectivity index (χ1n) is 8.08. The zero-order valence-corrected chi connectivity index (χ0v) is 15.3. The Morgan fingerprint density at radius 1 is 1.04 bits per heavy atom. The van der Waals surface area contributed by atoms with E-state index in [1.165, 1.54) is 12.1 Å². The number of nitrogens with zero attached hydrogens (tertiary/aromatic N) is 2. The van der Waals surface area contributed by atoms with E-state index < -0.39 is 15.9 Å². The fourth-order valence-electron chi connectivity index (χ4n) is 2.60. The molecule has 0 radical (unpaired) electrons. The Bertz CT molecular complexity index is 1020. The molecular weight excluding hydrogens is 350 g/mol. The van der Waals surface area contributed by atoms with Crippen LogP contribution in [0.5, 0.6) is 0 Å². The van der Waals surface area contributed by atoms with Crippen molar-refractivity contribution in [1.29, 1.82) is 0 Å². The zero-order valence-electron chi connectivity index (χ0n) is 14.5. The van der Waals surface area contributed by atoms with Gasteiger partial charge in [0.2, 0.25) is 5.91 Å². The van der Waals surface area contributed by atoms with Crippen molar-refractivity contribution in [3.8, 4) is 5.69 Å². The van der Waals surface area contributed by atoms with E-state index in [2.05, 4.69) is 9.82 Å². The molecule has 1 aromatic heterocycles. The zero-order chi connectivity index (χ0) is 18.7. The summed E-state index contributed by atoms with van der Waals surface area (Å²) < 4.78 is 28.5. The normalized spacial score (nSPS) is 11.3. The van der Waals surface area contributed by atoms with Crippen LogP contribution in [0.2, 0.25) is 0 Å². The maximum Gasteiger partial charge on any atom is 0.264 e. The van der Waals surface area contributed by atoms with Gasteiger partial charge >= 0.3 is 0 Å². The number of amides is 1. The van der Waals surface area contributed by atoms with E-state index in [0.29, 0.717) is 5.69 Å². The lowest BCUT2D eigenvalue weighted by molar-refractivity contribution is -0.118. The number of sulfonamides is 1. The third-order valence-electron chi connectivity index (χ3n) is 3.83. The third-order valence-corrected chi connectivity index (χ3v) is 5.22. The van der Waals surface area contributed by atoms with Crippen molar-refractivity contribution >= 4 is 15.9 Å². The highest BCUT2D eigenvalue weighted by Crippen LogP contribution is 2.14. The van der Waals surface area contributed by atoms with Gasteiger partial charge in [0.25, 0.3) is 10.0 Å². The molecule has 2 aromatic carbocycles. The quantitative estimate of drug-likeness (QED) is 0.749. The SMILES string of the molecule is Cc1ccc(S(=O)(=O)NC(=O)Cc2cc(C)nn2-c2ccccc2)cc1. The molecule has 134 valence electrons. The molecule has 0 atom stereocenters. The summed E-state index contributed by atoms with van der Waals surface area (Å²) in [5, 5.41) is 4.39.